The number of nitrogens with two attached hydrogens (primary N) is 1. The Morgan fingerprint density at radius 1 is 1.10 bits per heavy atom. The average Bonchev–Trinajstić information content (AvgIpc) is 2.77. The predicted molar refractivity (Wildman–Crippen MR) is 84.1 cm³/mol. The third-order valence-electron chi connectivity index (χ3n) is 3.42. The van der Waals surface area contributed by atoms with Crippen molar-refractivity contribution in [3.8, 4) is 5.69 Å². The molecule has 0 aliphatic heterocycles. The van der Waals surface area contributed by atoms with Crippen molar-refractivity contribution in [3.05, 3.63) is 54.1 Å². The first-order valence-corrected chi connectivity index (χ1v) is 6.91. The minimum atomic E-state index is -0.260. The van der Waals surface area contributed by atoms with Crippen LogP contribution < -0.4 is 5.73 Å². The van der Waals surface area contributed by atoms with Crippen LogP contribution in [-0.2, 0) is 5.41 Å². The highest BCUT2D eigenvalue weighted by Gasteiger charge is 2.23. The van der Waals surface area contributed by atoms with E-state index in [4.69, 9.17) is 10.7 Å². The van der Waals surface area contributed by atoms with Gasteiger partial charge in [0.15, 0.2) is 0 Å². The summed E-state index contributed by atoms with van der Waals surface area (Å²) in [5, 5.41) is 0. The normalized spacial score (nSPS) is 12.0. The van der Waals surface area contributed by atoms with Gasteiger partial charge in [0.2, 0.25) is 0 Å². The van der Waals surface area contributed by atoms with Crippen LogP contribution in [0.1, 0.15) is 26.6 Å². The molecule has 0 amide bonds. The Balaban J connectivity index is 2.38. The number of hydrogen-bond acceptors (Lipinski definition) is 2. The van der Waals surface area contributed by atoms with Gasteiger partial charge in [-0.1, -0.05) is 26.8 Å². The van der Waals surface area contributed by atoms with Crippen LogP contribution in [0.25, 0.3) is 16.7 Å². The van der Waals surface area contributed by atoms with Gasteiger partial charge >= 0.3 is 0 Å². The van der Waals surface area contributed by atoms with E-state index in [1.165, 1.54) is 12.1 Å². The molecular formula is C17H18FN3. The molecule has 1 aromatic heterocycles. The minimum Gasteiger partial charge on any atom is -0.399 e. The van der Waals surface area contributed by atoms with Crippen molar-refractivity contribution in [1.29, 1.82) is 0 Å². The van der Waals surface area contributed by atoms with E-state index in [1.54, 1.807) is 6.07 Å². The molecule has 0 saturated carbocycles. The number of hydrogen-bond donors (Lipinski definition) is 1. The maximum Gasteiger partial charge on any atom is 0.125 e. The first-order valence-electron chi connectivity index (χ1n) is 6.91. The molecule has 0 spiro atoms. The SMILES string of the molecule is CC(C)(C)c1nc2cc(N)ccc2n1-c1cccc(F)c1. The molecule has 0 bridgehead atoms. The number of nitrogens with zero attached hydrogens (tertiary/aromatic N) is 2. The summed E-state index contributed by atoms with van der Waals surface area (Å²) in [6.45, 7) is 6.27. The standard InChI is InChI=1S/C17H18FN3/c1-17(2,3)16-20-14-10-12(19)7-8-15(14)21(16)13-6-4-5-11(18)9-13/h4-10H,19H2,1-3H3. The summed E-state index contributed by atoms with van der Waals surface area (Å²) in [7, 11) is 0. The van der Waals surface area contributed by atoms with Crippen LogP contribution in [0, 0.1) is 5.82 Å². The highest BCUT2D eigenvalue weighted by Crippen LogP contribution is 2.30. The lowest BCUT2D eigenvalue weighted by atomic mass is 9.95. The lowest BCUT2D eigenvalue weighted by Crippen LogP contribution is -2.18. The number of nitrogen functional groups attached to an aromatic ring is 1. The topological polar surface area (TPSA) is 43.8 Å². The van der Waals surface area contributed by atoms with E-state index < -0.39 is 0 Å². The van der Waals surface area contributed by atoms with E-state index in [9.17, 15) is 4.39 Å². The van der Waals surface area contributed by atoms with Gasteiger partial charge in [0.25, 0.3) is 0 Å². The first-order chi connectivity index (χ1) is 9.86. The quantitative estimate of drug-likeness (QED) is 0.685. The highest BCUT2D eigenvalue weighted by atomic mass is 19.1. The number of anilines is 1. The molecule has 0 atom stereocenters. The summed E-state index contributed by atoms with van der Waals surface area (Å²) in [4.78, 5) is 4.71. The van der Waals surface area contributed by atoms with Gasteiger partial charge in [0.05, 0.1) is 16.7 Å². The van der Waals surface area contributed by atoms with E-state index >= 15 is 0 Å². The van der Waals surface area contributed by atoms with Crippen LogP contribution in [0.3, 0.4) is 0 Å². The molecule has 4 heteroatoms. The van der Waals surface area contributed by atoms with Crippen molar-refractivity contribution in [1.82, 2.24) is 9.55 Å². The van der Waals surface area contributed by atoms with Gasteiger partial charge in [0, 0.05) is 11.1 Å². The van der Waals surface area contributed by atoms with Crippen molar-refractivity contribution in [2.45, 2.75) is 26.2 Å². The molecule has 0 radical (unpaired) electrons. The van der Waals surface area contributed by atoms with Gasteiger partial charge < -0.3 is 5.73 Å². The van der Waals surface area contributed by atoms with Gasteiger partial charge in [0.1, 0.15) is 11.6 Å². The molecule has 0 aliphatic rings. The fraction of sp³-hybridized carbons (Fsp3) is 0.235. The smallest absolute Gasteiger partial charge is 0.125 e. The molecule has 1 heterocycles. The second-order valence-electron chi connectivity index (χ2n) is 6.25. The Kier molecular flexibility index (Phi) is 2.97. The maximum atomic E-state index is 13.6. The third kappa shape index (κ3) is 2.37. The molecule has 0 fully saturated rings. The van der Waals surface area contributed by atoms with Gasteiger partial charge in [-0.3, -0.25) is 4.57 Å². The van der Waals surface area contributed by atoms with Gasteiger partial charge in [-0.25, -0.2) is 9.37 Å². The van der Waals surface area contributed by atoms with Gasteiger partial charge in [-0.05, 0) is 36.4 Å². The Morgan fingerprint density at radius 3 is 2.52 bits per heavy atom. The molecule has 3 nitrogen and oxygen atoms in total. The number of halogens is 1. The Labute approximate surface area is 123 Å². The summed E-state index contributed by atoms with van der Waals surface area (Å²) in [6, 6.07) is 12.2. The lowest BCUT2D eigenvalue weighted by molar-refractivity contribution is 0.538. The van der Waals surface area contributed by atoms with Gasteiger partial charge in [-0.15, -0.1) is 0 Å². The molecule has 2 N–H and O–H groups in total. The molecule has 108 valence electrons. The largest absolute Gasteiger partial charge is 0.399 e. The van der Waals surface area contributed by atoms with Crippen molar-refractivity contribution in [2.24, 2.45) is 0 Å². The average molecular weight is 283 g/mol. The van der Waals surface area contributed by atoms with Crippen LogP contribution in [0.2, 0.25) is 0 Å². The highest BCUT2D eigenvalue weighted by molar-refractivity contribution is 5.81. The number of imidazole rings is 1. The van der Waals surface area contributed by atoms with Crippen LogP contribution in [-0.4, -0.2) is 9.55 Å². The van der Waals surface area contributed by atoms with Crippen molar-refractivity contribution >= 4 is 16.7 Å². The zero-order valence-electron chi connectivity index (χ0n) is 12.4. The number of benzene rings is 2. The predicted octanol–water partition coefficient (Wildman–Crippen LogP) is 4.04. The molecule has 3 aromatic rings. The van der Waals surface area contributed by atoms with Crippen molar-refractivity contribution < 1.29 is 4.39 Å². The van der Waals surface area contributed by atoms with Crippen LogP contribution in [0.5, 0.6) is 0 Å². The van der Waals surface area contributed by atoms with E-state index in [0.717, 1.165) is 22.5 Å². The van der Waals surface area contributed by atoms with Crippen LogP contribution >= 0.6 is 0 Å². The van der Waals surface area contributed by atoms with Crippen molar-refractivity contribution in [3.63, 3.8) is 0 Å². The molecule has 2 aromatic carbocycles. The van der Waals surface area contributed by atoms with Crippen LogP contribution in [0.4, 0.5) is 10.1 Å². The fourth-order valence-electron chi connectivity index (χ4n) is 2.48. The summed E-state index contributed by atoms with van der Waals surface area (Å²) < 4.78 is 15.6. The zero-order valence-corrected chi connectivity index (χ0v) is 12.4. The van der Waals surface area contributed by atoms with E-state index in [0.29, 0.717) is 5.69 Å². The fourth-order valence-corrected chi connectivity index (χ4v) is 2.48. The molecule has 3 rings (SSSR count). The summed E-state index contributed by atoms with van der Waals surface area (Å²) in [6.07, 6.45) is 0. The van der Waals surface area contributed by atoms with E-state index in [1.807, 2.05) is 28.8 Å². The Morgan fingerprint density at radius 2 is 1.86 bits per heavy atom. The van der Waals surface area contributed by atoms with Crippen LogP contribution in [0.15, 0.2) is 42.5 Å². The van der Waals surface area contributed by atoms with E-state index in [-0.39, 0.29) is 11.2 Å². The summed E-state index contributed by atoms with van der Waals surface area (Å²) in [5.74, 6) is 0.623. The summed E-state index contributed by atoms with van der Waals surface area (Å²) >= 11 is 0. The zero-order chi connectivity index (χ0) is 15.2. The molecule has 0 unspecified atom stereocenters. The van der Waals surface area contributed by atoms with E-state index in [2.05, 4.69) is 20.8 Å². The molecule has 21 heavy (non-hydrogen) atoms. The number of aromatic nitrogens is 2. The second-order valence-corrected chi connectivity index (χ2v) is 6.25. The second kappa shape index (κ2) is 4.58. The molecule has 0 saturated heterocycles. The monoisotopic (exact) mass is 283 g/mol. The molecule has 0 aliphatic carbocycles. The maximum absolute atomic E-state index is 13.6. The Bertz CT molecular complexity index is 813. The summed E-state index contributed by atoms with van der Waals surface area (Å²) in [5.41, 5.74) is 8.88. The Hall–Kier alpha value is -2.36. The van der Waals surface area contributed by atoms with Gasteiger partial charge in [-0.2, -0.15) is 0 Å². The first kappa shape index (κ1) is 13.6. The molecular weight excluding hydrogens is 265 g/mol. The van der Waals surface area contributed by atoms with Crippen molar-refractivity contribution in [2.75, 3.05) is 5.73 Å². The third-order valence-corrected chi connectivity index (χ3v) is 3.42. The number of rotatable bonds is 1. The number of fused-ring (bicyclic) bond motifs is 1. The minimum absolute atomic E-state index is 0.167. The lowest BCUT2D eigenvalue weighted by Gasteiger charge is -2.20.